The Morgan fingerprint density at radius 2 is 1.94 bits per heavy atom. The van der Waals surface area contributed by atoms with Crippen LogP contribution in [0.5, 0.6) is 0 Å². The fraction of sp³-hybridized carbons (Fsp3) is 0.500. The number of carboxylic acid groups (broad SMARTS) is 1. The number of hydrogen-bond donors (Lipinski definition) is 2. The lowest BCUT2D eigenvalue weighted by atomic mass is 10.1. The van der Waals surface area contributed by atoms with Crippen LogP contribution in [0.2, 0.25) is 0 Å². The van der Waals surface area contributed by atoms with Crippen LogP contribution < -0.4 is 4.72 Å². The Bertz CT molecular complexity index is 1110. The molecule has 0 fully saturated rings. The molecule has 31 heavy (non-hydrogen) atoms. The van der Waals surface area contributed by atoms with Crippen molar-refractivity contribution < 1.29 is 31.5 Å². The number of alkyl halides is 3. The second-order valence-electron chi connectivity index (χ2n) is 7.90. The fourth-order valence-electron chi connectivity index (χ4n) is 3.80. The van der Waals surface area contributed by atoms with Gasteiger partial charge >= 0.3 is 12.1 Å². The van der Waals surface area contributed by atoms with E-state index in [1.807, 2.05) is 12.1 Å². The van der Waals surface area contributed by atoms with E-state index in [2.05, 4.69) is 9.82 Å². The van der Waals surface area contributed by atoms with Gasteiger partial charge in [0, 0.05) is 6.04 Å². The molecule has 3 rings (SSSR count). The van der Waals surface area contributed by atoms with Crippen molar-refractivity contribution in [3.05, 3.63) is 51.8 Å². The molecular formula is C20H24F3N3O4S. The fourth-order valence-corrected chi connectivity index (χ4v) is 4.71. The van der Waals surface area contributed by atoms with E-state index in [1.165, 1.54) is 0 Å². The van der Waals surface area contributed by atoms with Crippen LogP contribution in [0.4, 0.5) is 13.2 Å². The number of nitrogens with one attached hydrogen (secondary N) is 1. The van der Waals surface area contributed by atoms with Gasteiger partial charge in [0.2, 0.25) is 10.0 Å². The van der Waals surface area contributed by atoms with Gasteiger partial charge in [-0.05, 0) is 49.8 Å². The van der Waals surface area contributed by atoms with E-state index in [0.29, 0.717) is 18.4 Å². The molecule has 0 unspecified atom stereocenters. The van der Waals surface area contributed by atoms with Gasteiger partial charge < -0.3 is 5.11 Å². The molecule has 1 aliphatic rings. The van der Waals surface area contributed by atoms with E-state index in [4.69, 9.17) is 0 Å². The van der Waals surface area contributed by atoms with Crippen LogP contribution in [0.3, 0.4) is 0 Å². The molecule has 0 radical (unpaired) electrons. The Morgan fingerprint density at radius 3 is 2.48 bits per heavy atom. The van der Waals surface area contributed by atoms with Gasteiger partial charge in [-0.25, -0.2) is 17.9 Å². The SMILES string of the molecule is CCc1c(C(=O)O)c(C(F)(F)F)nn1Cc1ccc2c(c1)C[C@@H](NS(=O)(=O)C(C)C)C2. The molecule has 0 bridgehead atoms. The largest absolute Gasteiger partial charge is 0.478 e. The average Bonchev–Trinajstić information content (AvgIpc) is 3.20. The minimum atomic E-state index is -4.87. The lowest BCUT2D eigenvalue weighted by Gasteiger charge is -2.14. The Kier molecular flexibility index (Phi) is 6.21. The molecule has 11 heteroatoms. The number of halogens is 3. The minimum absolute atomic E-state index is 0.00268. The first-order valence-electron chi connectivity index (χ1n) is 9.85. The van der Waals surface area contributed by atoms with Crippen molar-refractivity contribution in [3.63, 3.8) is 0 Å². The number of aromatic nitrogens is 2. The van der Waals surface area contributed by atoms with Crippen molar-refractivity contribution in [1.82, 2.24) is 14.5 Å². The predicted octanol–water partition coefficient (Wildman–Crippen LogP) is 3.01. The summed E-state index contributed by atoms with van der Waals surface area (Å²) in [7, 11) is -3.42. The summed E-state index contributed by atoms with van der Waals surface area (Å²) >= 11 is 0. The quantitative estimate of drug-likeness (QED) is 0.663. The molecule has 2 N–H and O–H groups in total. The van der Waals surface area contributed by atoms with Crippen molar-refractivity contribution in [1.29, 1.82) is 0 Å². The number of aromatic carboxylic acids is 1. The highest BCUT2D eigenvalue weighted by Gasteiger charge is 2.41. The first kappa shape index (κ1) is 23.3. The highest BCUT2D eigenvalue weighted by molar-refractivity contribution is 7.90. The van der Waals surface area contributed by atoms with Crippen molar-refractivity contribution in [3.8, 4) is 0 Å². The summed E-state index contributed by atoms with van der Waals surface area (Å²) < 4.78 is 67.9. The molecule has 0 spiro atoms. The molecule has 1 aliphatic carbocycles. The number of hydrogen-bond acceptors (Lipinski definition) is 4. The number of benzene rings is 1. The number of rotatable bonds is 7. The Balaban J connectivity index is 1.87. The van der Waals surface area contributed by atoms with Gasteiger partial charge in [0.25, 0.3) is 0 Å². The topological polar surface area (TPSA) is 101 Å². The van der Waals surface area contributed by atoms with Crippen LogP contribution in [-0.4, -0.2) is 40.6 Å². The number of nitrogens with zero attached hydrogens (tertiary/aromatic N) is 2. The van der Waals surface area contributed by atoms with Crippen LogP contribution in [0.1, 0.15) is 59.2 Å². The summed E-state index contributed by atoms with van der Waals surface area (Å²) in [6.07, 6.45) is -3.79. The van der Waals surface area contributed by atoms with Crippen LogP contribution in [0.15, 0.2) is 18.2 Å². The van der Waals surface area contributed by atoms with E-state index in [-0.39, 0.29) is 24.7 Å². The molecule has 2 aromatic rings. The number of sulfonamides is 1. The third kappa shape index (κ3) is 4.77. The molecule has 0 aliphatic heterocycles. The molecule has 0 saturated carbocycles. The average molecular weight is 459 g/mol. The second kappa shape index (κ2) is 8.27. The Morgan fingerprint density at radius 1 is 1.29 bits per heavy atom. The van der Waals surface area contributed by atoms with E-state index < -0.39 is 38.7 Å². The lowest BCUT2D eigenvalue weighted by Crippen LogP contribution is -2.39. The maximum absolute atomic E-state index is 13.3. The highest BCUT2D eigenvalue weighted by atomic mass is 32.2. The molecule has 0 saturated heterocycles. The summed E-state index contributed by atoms with van der Waals surface area (Å²) in [6, 6.07) is 5.11. The third-order valence-corrected chi connectivity index (χ3v) is 7.27. The van der Waals surface area contributed by atoms with Gasteiger partial charge in [0.15, 0.2) is 5.69 Å². The number of carboxylic acids is 1. The maximum Gasteiger partial charge on any atom is 0.436 e. The highest BCUT2D eigenvalue weighted by Crippen LogP contribution is 2.33. The maximum atomic E-state index is 13.3. The van der Waals surface area contributed by atoms with Crippen LogP contribution in [0, 0.1) is 0 Å². The van der Waals surface area contributed by atoms with Crippen molar-refractivity contribution in [2.24, 2.45) is 0 Å². The zero-order valence-electron chi connectivity index (χ0n) is 17.3. The Hall–Kier alpha value is -2.40. The molecule has 0 amide bonds. The van der Waals surface area contributed by atoms with Gasteiger partial charge in [-0.15, -0.1) is 0 Å². The number of fused-ring (bicyclic) bond motifs is 1. The Labute approximate surface area is 178 Å². The lowest BCUT2D eigenvalue weighted by molar-refractivity contribution is -0.142. The first-order valence-corrected chi connectivity index (χ1v) is 11.4. The summed E-state index contributed by atoms with van der Waals surface area (Å²) in [5.74, 6) is -1.66. The van der Waals surface area contributed by atoms with Crippen molar-refractivity contribution in [2.75, 3.05) is 0 Å². The molecule has 1 heterocycles. The van der Waals surface area contributed by atoms with E-state index in [1.54, 1.807) is 26.8 Å². The van der Waals surface area contributed by atoms with Gasteiger partial charge in [-0.2, -0.15) is 18.3 Å². The molecule has 1 aromatic carbocycles. The smallest absolute Gasteiger partial charge is 0.436 e. The predicted molar refractivity (Wildman–Crippen MR) is 107 cm³/mol. The van der Waals surface area contributed by atoms with Gasteiger partial charge in [0.05, 0.1) is 17.5 Å². The molecule has 1 aromatic heterocycles. The van der Waals surface area contributed by atoms with E-state index in [9.17, 15) is 31.5 Å². The molecule has 170 valence electrons. The van der Waals surface area contributed by atoms with Gasteiger partial charge in [-0.3, -0.25) is 4.68 Å². The van der Waals surface area contributed by atoms with Gasteiger partial charge in [0.1, 0.15) is 5.56 Å². The number of carbonyl (C=O) groups is 1. The van der Waals surface area contributed by atoms with Crippen LogP contribution in [0.25, 0.3) is 0 Å². The summed E-state index contributed by atoms with van der Waals surface area (Å²) in [4.78, 5) is 11.5. The molecule has 7 nitrogen and oxygen atoms in total. The van der Waals surface area contributed by atoms with Crippen LogP contribution >= 0.6 is 0 Å². The minimum Gasteiger partial charge on any atom is -0.478 e. The summed E-state index contributed by atoms with van der Waals surface area (Å²) in [5.41, 5.74) is 0.324. The summed E-state index contributed by atoms with van der Waals surface area (Å²) in [5, 5.41) is 12.3. The van der Waals surface area contributed by atoms with Crippen molar-refractivity contribution >= 4 is 16.0 Å². The molecular weight excluding hydrogens is 435 g/mol. The zero-order valence-corrected chi connectivity index (χ0v) is 18.1. The van der Waals surface area contributed by atoms with Gasteiger partial charge in [-0.1, -0.05) is 25.1 Å². The molecule has 1 atom stereocenters. The monoisotopic (exact) mass is 459 g/mol. The van der Waals surface area contributed by atoms with E-state index in [0.717, 1.165) is 15.8 Å². The van der Waals surface area contributed by atoms with Crippen molar-refractivity contribution in [2.45, 2.75) is 64.0 Å². The zero-order chi connectivity index (χ0) is 23.1. The summed E-state index contributed by atoms with van der Waals surface area (Å²) in [6.45, 7) is 4.75. The first-order chi connectivity index (χ1) is 14.3. The third-order valence-electron chi connectivity index (χ3n) is 5.36. The second-order valence-corrected chi connectivity index (χ2v) is 10.2. The normalized spacial score (nSPS) is 16.7. The standard InChI is InChI=1S/C20H24F3N3O4S/c1-4-16-17(19(27)28)18(20(21,22)23)24-26(16)10-12-5-6-13-8-15(9-14(13)7-12)25-31(29,30)11(2)3/h5-7,11,15,25H,4,8-10H2,1-3H3,(H,27,28)/t15-/m0/s1. The van der Waals surface area contributed by atoms with E-state index >= 15 is 0 Å². The van der Waals surface area contributed by atoms with Crippen LogP contribution in [-0.2, 0) is 42.0 Å².